The van der Waals surface area contributed by atoms with Gasteiger partial charge in [-0.3, -0.25) is 9.78 Å². The first-order valence-electron chi connectivity index (χ1n) is 16.9. The van der Waals surface area contributed by atoms with E-state index < -0.39 is 11.9 Å². The average molecular weight is 641 g/mol. The number of fused-ring (bicyclic) bond motifs is 8. The third-order valence-electron chi connectivity index (χ3n) is 10.0. The summed E-state index contributed by atoms with van der Waals surface area (Å²) in [5, 5.41) is 19.9. The number of H-pyrrole nitrogens is 2. The van der Waals surface area contributed by atoms with Crippen LogP contribution in [-0.4, -0.2) is 55.3 Å². The minimum Gasteiger partial charge on any atom is -0.481 e. The highest BCUT2D eigenvalue weighted by Gasteiger charge is 2.33. The molecule has 0 amide bonds. The molecule has 3 aromatic heterocycles. The summed E-state index contributed by atoms with van der Waals surface area (Å²) in [4.78, 5) is 41.7. The number of aryl methyl sites for hydroxylation is 3. The van der Waals surface area contributed by atoms with E-state index in [0.717, 1.165) is 83.2 Å². The highest BCUT2D eigenvalue weighted by molar-refractivity contribution is 6.24. The Labute approximate surface area is 276 Å². The van der Waals surface area contributed by atoms with Crippen LogP contribution in [0.4, 0.5) is 0 Å². The third-order valence-corrected chi connectivity index (χ3v) is 10.0. The van der Waals surface area contributed by atoms with Crippen LogP contribution in [0.25, 0.3) is 33.2 Å². The van der Waals surface area contributed by atoms with Gasteiger partial charge < -0.3 is 24.9 Å². The normalized spacial score (nSPS) is 16.2. The molecule has 47 heavy (non-hydrogen) atoms. The number of ether oxygens (including phenoxy) is 1. The lowest BCUT2D eigenvalue weighted by Crippen LogP contribution is -2.08. The summed E-state index contributed by atoms with van der Waals surface area (Å²) in [6, 6.07) is 6.20. The molecule has 2 aliphatic rings. The number of allylic oxidation sites excluding steroid dienone is 1. The van der Waals surface area contributed by atoms with Gasteiger partial charge in [-0.2, -0.15) is 0 Å². The molecule has 3 aromatic rings. The molecule has 0 spiro atoms. The molecule has 0 radical (unpaired) electrons. The van der Waals surface area contributed by atoms with Gasteiger partial charge in [-0.05, 0) is 105 Å². The van der Waals surface area contributed by atoms with Gasteiger partial charge >= 0.3 is 11.9 Å². The number of aromatic amines is 2. The van der Waals surface area contributed by atoms with Gasteiger partial charge in [0.15, 0.2) is 0 Å². The zero-order valence-electron chi connectivity index (χ0n) is 28.8. The SMILES string of the molecule is CCCCCOCCc1c(C)c2cc3nc(c(C)c4nc(cc5[nH]c(cc1[nH]2)c(C)c5CC)C(C)=C4C(=O)O)[C@@H](CCC(=O)O)[C@@H]3C. The van der Waals surface area contributed by atoms with Crippen LogP contribution in [0.1, 0.15) is 122 Å². The lowest BCUT2D eigenvalue weighted by Gasteiger charge is -2.16. The zero-order valence-corrected chi connectivity index (χ0v) is 28.8. The van der Waals surface area contributed by atoms with Crippen LogP contribution in [0.2, 0.25) is 0 Å². The number of hydrogen-bond donors (Lipinski definition) is 4. The molecular formula is C38H48N4O5. The van der Waals surface area contributed by atoms with Gasteiger partial charge in [0, 0.05) is 58.3 Å². The zero-order chi connectivity index (χ0) is 34.0. The molecule has 0 saturated carbocycles. The van der Waals surface area contributed by atoms with Crippen molar-refractivity contribution in [1.82, 2.24) is 19.9 Å². The van der Waals surface area contributed by atoms with Crippen LogP contribution in [0, 0.1) is 20.8 Å². The second-order valence-corrected chi connectivity index (χ2v) is 13.0. The number of aromatic nitrogens is 4. The first-order valence-corrected chi connectivity index (χ1v) is 16.9. The number of hydrogen-bond acceptors (Lipinski definition) is 5. The Bertz CT molecular complexity index is 1900. The van der Waals surface area contributed by atoms with Crippen LogP contribution in [-0.2, 0) is 27.2 Å². The lowest BCUT2D eigenvalue weighted by atomic mass is 9.85. The molecule has 5 heterocycles. The first-order chi connectivity index (χ1) is 22.5. The first kappa shape index (κ1) is 34.1. The van der Waals surface area contributed by atoms with Gasteiger partial charge in [-0.15, -0.1) is 0 Å². The van der Waals surface area contributed by atoms with E-state index in [1.807, 2.05) is 13.0 Å². The third kappa shape index (κ3) is 6.77. The standard InChI is InChI=1S/C38H48N4O5/c1-8-10-11-15-47-16-14-26-21(4)28-17-30-22(5)27(12-13-34(43)44)36(41-30)24(7)37-35(38(45)46)23(6)31(42-37)19-32-25(9-2)20(3)29(39-32)18-33(26)40-28/h17-19,22,27,39-40H,8-16H2,1-7H3,(H,43,44)(H,45,46)/t22-,27-/m0/s1. The summed E-state index contributed by atoms with van der Waals surface area (Å²) >= 11 is 0. The minimum atomic E-state index is -1.05. The Morgan fingerprint density at radius 1 is 0.851 bits per heavy atom. The van der Waals surface area contributed by atoms with Crippen LogP contribution < -0.4 is 0 Å². The molecule has 2 atom stereocenters. The van der Waals surface area contributed by atoms with E-state index in [4.69, 9.17) is 14.7 Å². The molecule has 0 fully saturated rings. The van der Waals surface area contributed by atoms with E-state index in [-0.39, 0.29) is 23.8 Å². The van der Waals surface area contributed by atoms with Crippen LogP contribution in [0.5, 0.6) is 0 Å². The van der Waals surface area contributed by atoms with E-state index in [9.17, 15) is 19.8 Å². The Hall–Kier alpha value is -4.24. The van der Waals surface area contributed by atoms with Gasteiger partial charge in [-0.1, -0.05) is 33.6 Å². The highest BCUT2D eigenvalue weighted by Crippen LogP contribution is 2.43. The van der Waals surface area contributed by atoms with Crippen molar-refractivity contribution in [2.75, 3.05) is 13.2 Å². The number of rotatable bonds is 12. The predicted molar refractivity (Wildman–Crippen MR) is 187 cm³/mol. The van der Waals surface area contributed by atoms with Gasteiger partial charge in [0.25, 0.3) is 0 Å². The average Bonchev–Trinajstić information content (AvgIpc) is 3.71. The monoisotopic (exact) mass is 640 g/mol. The number of aliphatic carboxylic acids is 2. The van der Waals surface area contributed by atoms with Crippen molar-refractivity contribution in [3.63, 3.8) is 0 Å². The summed E-state index contributed by atoms with van der Waals surface area (Å²) in [7, 11) is 0. The maximum absolute atomic E-state index is 12.6. The number of carboxylic acid groups (broad SMARTS) is 2. The van der Waals surface area contributed by atoms with E-state index in [1.165, 1.54) is 5.56 Å². The Morgan fingerprint density at radius 2 is 1.53 bits per heavy atom. The Kier molecular flexibility index (Phi) is 10.3. The lowest BCUT2D eigenvalue weighted by molar-refractivity contribution is -0.137. The second kappa shape index (κ2) is 14.3. The Balaban J connectivity index is 1.83. The maximum Gasteiger partial charge on any atom is 0.338 e. The molecule has 5 rings (SSSR count). The number of nitrogens with one attached hydrogen (secondary N) is 2. The number of carbonyl (C=O) groups is 2. The van der Waals surface area contributed by atoms with E-state index >= 15 is 0 Å². The summed E-state index contributed by atoms with van der Waals surface area (Å²) in [5.41, 5.74) is 12.4. The Morgan fingerprint density at radius 3 is 2.19 bits per heavy atom. The number of nitrogens with zero attached hydrogens (tertiary/aromatic N) is 2. The second-order valence-electron chi connectivity index (χ2n) is 13.0. The summed E-state index contributed by atoms with van der Waals surface area (Å²) in [6.45, 7) is 15.7. The topological polar surface area (TPSA) is 141 Å². The largest absolute Gasteiger partial charge is 0.481 e. The van der Waals surface area contributed by atoms with Crippen molar-refractivity contribution in [1.29, 1.82) is 0 Å². The van der Waals surface area contributed by atoms with Crippen molar-refractivity contribution < 1.29 is 24.5 Å². The molecule has 9 nitrogen and oxygen atoms in total. The van der Waals surface area contributed by atoms with Crippen molar-refractivity contribution in [2.24, 2.45) is 0 Å². The van der Waals surface area contributed by atoms with E-state index in [1.54, 1.807) is 6.92 Å². The molecule has 0 aliphatic carbocycles. The summed E-state index contributed by atoms with van der Waals surface area (Å²) in [5.74, 6) is -2.19. The van der Waals surface area contributed by atoms with Crippen LogP contribution in [0.3, 0.4) is 0 Å². The quantitative estimate of drug-likeness (QED) is 0.146. The molecule has 0 aromatic carbocycles. The molecule has 250 valence electrons. The van der Waals surface area contributed by atoms with Gasteiger partial charge in [-0.25, -0.2) is 9.78 Å². The van der Waals surface area contributed by atoms with Gasteiger partial charge in [0.05, 0.1) is 23.6 Å². The molecule has 9 heteroatoms. The maximum atomic E-state index is 12.6. The van der Waals surface area contributed by atoms with Crippen molar-refractivity contribution in [3.05, 3.63) is 68.8 Å². The number of unbranched alkanes of at least 4 members (excludes halogenated alkanes) is 2. The predicted octanol–water partition coefficient (Wildman–Crippen LogP) is 8.32. The van der Waals surface area contributed by atoms with Crippen LogP contribution >= 0.6 is 0 Å². The molecule has 0 unspecified atom stereocenters. The molecule has 4 N–H and O–H groups in total. The summed E-state index contributed by atoms with van der Waals surface area (Å²) < 4.78 is 6.04. The minimum absolute atomic E-state index is 0.00993. The van der Waals surface area contributed by atoms with Gasteiger partial charge in [0.2, 0.25) is 0 Å². The van der Waals surface area contributed by atoms with E-state index in [2.05, 4.69) is 56.7 Å². The van der Waals surface area contributed by atoms with Crippen molar-refractivity contribution in [2.45, 2.75) is 105 Å². The van der Waals surface area contributed by atoms with Gasteiger partial charge in [0.1, 0.15) is 0 Å². The highest BCUT2D eigenvalue weighted by atomic mass is 16.5. The molecule has 0 saturated heterocycles. The fourth-order valence-corrected chi connectivity index (χ4v) is 7.15. The summed E-state index contributed by atoms with van der Waals surface area (Å²) in [6.07, 6.45) is 5.32. The van der Waals surface area contributed by atoms with Crippen molar-refractivity contribution >= 4 is 45.2 Å². The molecular weight excluding hydrogens is 592 g/mol. The molecule has 8 bridgehead atoms. The number of carboxylic acids is 2. The smallest absolute Gasteiger partial charge is 0.338 e. The molecule has 2 aliphatic heterocycles. The van der Waals surface area contributed by atoms with Crippen LogP contribution in [0.15, 0.2) is 18.2 Å². The van der Waals surface area contributed by atoms with Crippen molar-refractivity contribution in [3.8, 4) is 0 Å². The fraction of sp³-hybridized carbons (Fsp3) is 0.474. The van der Waals surface area contributed by atoms with E-state index in [0.29, 0.717) is 41.2 Å². The fourth-order valence-electron chi connectivity index (χ4n) is 7.15.